The Morgan fingerprint density at radius 1 is 1.73 bits per heavy atom. The Morgan fingerprint density at radius 3 is 2.87 bits per heavy atom. The molecule has 0 aromatic carbocycles. The third-order valence-electron chi connectivity index (χ3n) is 2.51. The average molecular weight is 209 g/mol. The molecule has 1 fully saturated rings. The first kappa shape index (κ1) is 9.66. The van der Waals surface area contributed by atoms with Gasteiger partial charge in [-0.15, -0.1) is 0 Å². The van der Waals surface area contributed by atoms with Gasteiger partial charge in [0.05, 0.1) is 5.69 Å². The van der Waals surface area contributed by atoms with Crippen LogP contribution in [0.5, 0.6) is 0 Å². The Balaban J connectivity index is 2.51. The van der Waals surface area contributed by atoms with Crippen molar-refractivity contribution in [2.24, 2.45) is 5.73 Å². The van der Waals surface area contributed by atoms with Gasteiger partial charge in [0.15, 0.2) is 0 Å². The molecule has 1 aliphatic rings. The molecule has 1 aromatic rings. The lowest BCUT2D eigenvalue weighted by atomic mass is 9.90. The molecule has 0 radical (unpaired) electrons. The molecule has 2 heterocycles. The van der Waals surface area contributed by atoms with Crippen LogP contribution in [0.25, 0.3) is 0 Å². The van der Waals surface area contributed by atoms with Gasteiger partial charge in [0.2, 0.25) is 0 Å². The van der Waals surface area contributed by atoms with E-state index in [1.54, 1.807) is 6.92 Å². The van der Waals surface area contributed by atoms with Crippen molar-refractivity contribution in [3.8, 4) is 0 Å². The molecule has 1 unspecified atom stereocenters. The van der Waals surface area contributed by atoms with Gasteiger partial charge in [-0.05, 0) is 6.92 Å². The van der Waals surface area contributed by atoms with Crippen LogP contribution >= 0.6 is 0 Å². The van der Waals surface area contributed by atoms with Gasteiger partial charge >= 0.3 is 6.03 Å². The van der Waals surface area contributed by atoms with Gasteiger partial charge < -0.3 is 15.6 Å². The summed E-state index contributed by atoms with van der Waals surface area (Å²) in [4.78, 5) is 11.2. The van der Waals surface area contributed by atoms with Gasteiger partial charge in [0, 0.05) is 12.1 Å². The van der Waals surface area contributed by atoms with Gasteiger partial charge in [0.1, 0.15) is 17.6 Å². The number of amides is 2. The fourth-order valence-corrected chi connectivity index (χ4v) is 1.67. The number of urea groups is 1. The van der Waals surface area contributed by atoms with E-state index in [9.17, 15) is 4.79 Å². The number of hydrogen-bond donors (Lipinski definition) is 4. The summed E-state index contributed by atoms with van der Waals surface area (Å²) in [6.07, 6.45) is 1.39. The molecule has 1 aromatic heterocycles. The van der Waals surface area contributed by atoms with E-state index in [1.807, 2.05) is 0 Å². The number of rotatable bonds is 2. The van der Waals surface area contributed by atoms with Crippen LogP contribution in [-0.2, 0) is 5.54 Å². The second-order valence-electron chi connectivity index (χ2n) is 3.38. The number of carbonyl (C=O) groups excluding carboxylic acids is 1. The molecule has 2 amide bonds. The summed E-state index contributed by atoms with van der Waals surface area (Å²) in [5, 5.41) is 16.4. The minimum Gasteiger partial charge on any atom is -0.364 e. The summed E-state index contributed by atoms with van der Waals surface area (Å²) >= 11 is 0. The first-order valence-electron chi connectivity index (χ1n) is 4.40. The molecule has 5 N–H and O–H groups in total. The Labute approximate surface area is 85.5 Å². The summed E-state index contributed by atoms with van der Waals surface area (Å²) in [6, 6.07) is -0.439. The summed E-state index contributed by atoms with van der Waals surface area (Å²) in [7, 11) is 0. The predicted molar refractivity (Wildman–Crippen MR) is 51.4 cm³/mol. The summed E-state index contributed by atoms with van der Waals surface area (Å²) < 4.78 is 4.79. The van der Waals surface area contributed by atoms with Gasteiger partial charge in [-0.25, -0.2) is 4.79 Å². The molecule has 15 heavy (non-hydrogen) atoms. The standard InChI is InChI=1S/C8H11N5O2/c1-4-5(2-15-13-4)8(3-9)6(10)11-7(14)12-8/h2H,3,9H2,1H3,(H3,10,11,12,14). The van der Waals surface area contributed by atoms with Crippen LogP contribution in [0.1, 0.15) is 11.3 Å². The van der Waals surface area contributed by atoms with Crippen LogP contribution in [0.2, 0.25) is 0 Å². The van der Waals surface area contributed by atoms with Crippen LogP contribution < -0.4 is 16.4 Å². The molecule has 0 aliphatic carbocycles. The fourth-order valence-electron chi connectivity index (χ4n) is 1.67. The van der Waals surface area contributed by atoms with Crippen molar-refractivity contribution in [3.63, 3.8) is 0 Å². The molecule has 7 nitrogen and oxygen atoms in total. The smallest absolute Gasteiger partial charge is 0.321 e. The number of nitrogens with two attached hydrogens (primary N) is 1. The zero-order valence-electron chi connectivity index (χ0n) is 8.13. The molecular weight excluding hydrogens is 198 g/mol. The molecule has 1 aliphatic heterocycles. The van der Waals surface area contributed by atoms with E-state index in [4.69, 9.17) is 15.7 Å². The predicted octanol–water partition coefficient (Wildman–Crippen LogP) is -0.573. The summed E-state index contributed by atoms with van der Waals surface area (Å²) in [6.45, 7) is 1.81. The van der Waals surface area contributed by atoms with Gasteiger partial charge in [-0.1, -0.05) is 5.16 Å². The van der Waals surface area contributed by atoms with Crippen LogP contribution in [0.15, 0.2) is 10.8 Å². The highest BCUT2D eigenvalue weighted by molar-refractivity contribution is 6.09. The Kier molecular flexibility index (Phi) is 1.97. The number of aryl methyl sites for hydroxylation is 1. The van der Waals surface area contributed by atoms with Crippen LogP contribution in [-0.4, -0.2) is 23.6 Å². The molecule has 1 atom stereocenters. The Bertz CT molecular complexity index is 426. The van der Waals surface area contributed by atoms with E-state index in [2.05, 4.69) is 15.8 Å². The first-order valence-corrected chi connectivity index (χ1v) is 4.40. The number of nitrogens with zero attached hydrogens (tertiary/aromatic N) is 1. The molecule has 80 valence electrons. The third kappa shape index (κ3) is 1.20. The molecular formula is C8H11N5O2. The van der Waals surface area contributed by atoms with Crippen LogP contribution in [0.4, 0.5) is 4.79 Å². The van der Waals surface area contributed by atoms with Gasteiger partial charge in [-0.3, -0.25) is 10.7 Å². The Morgan fingerprint density at radius 2 is 2.47 bits per heavy atom. The monoisotopic (exact) mass is 209 g/mol. The molecule has 0 bridgehead atoms. The van der Waals surface area contributed by atoms with Crippen molar-refractivity contribution >= 4 is 11.9 Å². The normalized spacial score (nSPS) is 25.2. The molecule has 2 rings (SSSR count). The summed E-state index contributed by atoms with van der Waals surface area (Å²) in [5.74, 6) is 0.0151. The zero-order valence-corrected chi connectivity index (χ0v) is 8.13. The average Bonchev–Trinajstić information content (AvgIpc) is 2.71. The second kappa shape index (κ2) is 3.06. The topological polar surface area (TPSA) is 117 Å². The SMILES string of the molecule is Cc1nocc1C1(CN)NC(=O)NC1=N. The quantitative estimate of drug-likeness (QED) is 0.521. The highest BCUT2D eigenvalue weighted by Gasteiger charge is 2.45. The largest absolute Gasteiger partial charge is 0.364 e. The molecule has 0 saturated carbocycles. The van der Waals surface area contributed by atoms with Crippen molar-refractivity contribution in [3.05, 3.63) is 17.5 Å². The van der Waals surface area contributed by atoms with Gasteiger partial charge in [0.25, 0.3) is 0 Å². The van der Waals surface area contributed by atoms with E-state index < -0.39 is 11.6 Å². The maximum atomic E-state index is 11.2. The summed E-state index contributed by atoms with van der Waals surface area (Å²) in [5.41, 5.74) is 5.80. The number of nitrogens with one attached hydrogen (secondary N) is 3. The maximum absolute atomic E-state index is 11.2. The lowest BCUT2D eigenvalue weighted by molar-refractivity contribution is 0.244. The third-order valence-corrected chi connectivity index (χ3v) is 2.51. The van der Waals surface area contributed by atoms with Gasteiger partial charge in [-0.2, -0.15) is 0 Å². The number of hydrogen-bond acceptors (Lipinski definition) is 5. The number of aromatic nitrogens is 1. The van der Waals surface area contributed by atoms with Crippen molar-refractivity contribution < 1.29 is 9.32 Å². The van der Waals surface area contributed by atoms with E-state index in [1.165, 1.54) is 6.26 Å². The highest BCUT2D eigenvalue weighted by Crippen LogP contribution is 2.26. The van der Waals surface area contributed by atoms with Crippen molar-refractivity contribution in [1.82, 2.24) is 15.8 Å². The van der Waals surface area contributed by atoms with E-state index in [-0.39, 0.29) is 12.4 Å². The lowest BCUT2D eigenvalue weighted by Crippen LogP contribution is -2.49. The highest BCUT2D eigenvalue weighted by atomic mass is 16.5. The first-order chi connectivity index (χ1) is 7.10. The molecule has 1 saturated heterocycles. The fraction of sp³-hybridized carbons (Fsp3) is 0.375. The van der Waals surface area contributed by atoms with Crippen LogP contribution in [0, 0.1) is 12.3 Å². The Hall–Kier alpha value is -1.89. The second-order valence-corrected chi connectivity index (χ2v) is 3.38. The van der Waals surface area contributed by atoms with Crippen molar-refractivity contribution in [2.45, 2.75) is 12.5 Å². The lowest BCUT2D eigenvalue weighted by Gasteiger charge is -2.24. The zero-order chi connectivity index (χ0) is 11.1. The number of amidine groups is 1. The van der Waals surface area contributed by atoms with E-state index in [0.717, 1.165) is 0 Å². The number of carbonyl (C=O) groups is 1. The molecule has 7 heteroatoms. The minimum absolute atomic E-state index is 0.0151. The van der Waals surface area contributed by atoms with E-state index in [0.29, 0.717) is 11.3 Å². The van der Waals surface area contributed by atoms with Crippen LogP contribution in [0.3, 0.4) is 0 Å². The van der Waals surface area contributed by atoms with Crippen molar-refractivity contribution in [2.75, 3.05) is 6.54 Å². The minimum atomic E-state index is -1.03. The van der Waals surface area contributed by atoms with E-state index >= 15 is 0 Å². The maximum Gasteiger partial charge on any atom is 0.321 e. The molecule has 0 spiro atoms. The van der Waals surface area contributed by atoms with Crippen molar-refractivity contribution in [1.29, 1.82) is 5.41 Å².